The molecule has 0 aliphatic heterocycles. The Balaban J connectivity index is 1.50. The van der Waals surface area contributed by atoms with Crippen molar-refractivity contribution in [2.24, 2.45) is 0 Å². The Bertz CT molecular complexity index is 1070. The summed E-state index contributed by atoms with van der Waals surface area (Å²) in [6.07, 6.45) is 6.24. The van der Waals surface area contributed by atoms with Crippen LogP contribution in [-0.4, -0.2) is 38.0 Å². The summed E-state index contributed by atoms with van der Waals surface area (Å²) in [5.74, 6) is -0.0787. The van der Waals surface area contributed by atoms with Crippen LogP contribution in [0.5, 0.6) is 6.01 Å². The third-order valence-corrected chi connectivity index (χ3v) is 5.18. The first-order valence-corrected chi connectivity index (χ1v) is 9.99. The summed E-state index contributed by atoms with van der Waals surface area (Å²) in [6.45, 7) is 1.53. The molecule has 3 aromatic rings. The molecule has 2 aromatic heterocycles. The zero-order valence-corrected chi connectivity index (χ0v) is 17.0. The van der Waals surface area contributed by atoms with Gasteiger partial charge in [-0.05, 0) is 43.9 Å². The SMILES string of the molecule is CC(=O)NC1CCC(Oc2ncc3ncnc(Nc4ccc(F)c(Cl)c4)c3n2)CC1. The van der Waals surface area contributed by atoms with Crippen molar-refractivity contribution in [3.8, 4) is 6.01 Å². The number of aromatic nitrogens is 4. The van der Waals surface area contributed by atoms with Crippen molar-refractivity contribution >= 4 is 40.0 Å². The molecule has 1 aliphatic rings. The highest BCUT2D eigenvalue weighted by Crippen LogP contribution is 2.27. The van der Waals surface area contributed by atoms with E-state index in [9.17, 15) is 9.18 Å². The molecule has 4 rings (SSSR count). The average Bonchev–Trinajstić information content (AvgIpc) is 2.72. The maximum Gasteiger partial charge on any atom is 0.317 e. The summed E-state index contributed by atoms with van der Waals surface area (Å²) >= 11 is 5.85. The first-order valence-electron chi connectivity index (χ1n) is 9.61. The van der Waals surface area contributed by atoms with Gasteiger partial charge in [0, 0.05) is 18.7 Å². The van der Waals surface area contributed by atoms with E-state index >= 15 is 0 Å². The second kappa shape index (κ2) is 8.74. The van der Waals surface area contributed by atoms with E-state index in [1.54, 1.807) is 12.3 Å². The van der Waals surface area contributed by atoms with Crippen LogP contribution in [0, 0.1) is 5.82 Å². The van der Waals surface area contributed by atoms with Gasteiger partial charge in [-0.1, -0.05) is 11.6 Å². The van der Waals surface area contributed by atoms with Crippen LogP contribution in [0.1, 0.15) is 32.6 Å². The molecular weight excluding hydrogens is 411 g/mol. The van der Waals surface area contributed by atoms with E-state index in [0.717, 1.165) is 25.7 Å². The number of nitrogens with zero attached hydrogens (tertiary/aromatic N) is 4. The molecule has 1 saturated carbocycles. The molecule has 10 heteroatoms. The number of benzene rings is 1. The highest BCUT2D eigenvalue weighted by molar-refractivity contribution is 6.31. The number of carbonyl (C=O) groups excluding carboxylic acids is 1. The molecule has 156 valence electrons. The lowest BCUT2D eigenvalue weighted by molar-refractivity contribution is -0.120. The van der Waals surface area contributed by atoms with Gasteiger partial charge in [0.15, 0.2) is 5.82 Å². The molecule has 1 fully saturated rings. The standard InChI is InChI=1S/C20H20ClFN6O2/c1-11(29)26-12-2-5-14(6-3-12)30-20-23-9-17-18(28-20)19(25-10-24-17)27-13-4-7-16(22)15(21)8-13/h4,7-10,12,14H,2-3,5-6H2,1H3,(H,26,29)(H,24,25,27). The minimum Gasteiger partial charge on any atom is -0.460 e. The first-order chi connectivity index (χ1) is 14.5. The maximum atomic E-state index is 13.4. The van der Waals surface area contributed by atoms with Crippen molar-refractivity contribution < 1.29 is 13.9 Å². The molecule has 1 aromatic carbocycles. The maximum absolute atomic E-state index is 13.4. The second-order valence-electron chi connectivity index (χ2n) is 7.15. The van der Waals surface area contributed by atoms with Crippen molar-refractivity contribution in [3.05, 3.63) is 41.6 Å². The molecule has 0 spiro atoms. The van der Waals surface area contributed by atoms with E-state index in [1.165, 1.54) is 25.4 Å². The van der Waals surface area contributed by atoms with Crippen molar-refractivity contribution in [1.82, 2.24) is 25.3 Å². The lowest BCUT2D eigenvalue weighted by atomic mass is 9.93. The predicted octanol–water partition coefficient (Wildman–Crippen LogP) is 3.78. The minimum atomic E-state index is -0.499. The number of anilines is 2. The van der Waals surface area contributed by atoms with Crippen LogP contribution in [0.15, 0.2) is 30.7 Å². The van der Waals surface area contributed by atoms with Gasteiger partial charge in [0.2, 0.25) is 5.91 Å². The van der Waals surface area contributed by atoms with E-state index in [0.29, 0.717) is 22.5 Å². The van der Waals surface area contributed by atoms with E-state index in [2.05, 4.69) is 30.6 Å². The van der Waals surface area contributed by atoms with Crippen molar-refractivity contribution in [2.75, 3.05) is 5.32 Å². The van der Waals surface area contributed by atoms with Crippen molar-refractivity contribution in [1.29, 1.82) is 0 Å². The molecule has 1 amide bonds. The molecule has 0 bridgehead atoms. The van der Waals surface area contributed by atoms with Gasteiger partial charge < -0.3 is 15.4 Å². The largest absolute Gasteiger partial charge is 0.460 e. The predicted molar refractivity (Wildman–Crippen MR) is 110 cm³/mol. The van der Waals surface area contributed by atoms with E-state index in [4.69, 9.17) is 16.3 Å². The fraction of sp³-hybridized carbons (Fsp3) is 0.350. The number of ether oxygens (including phenoxy) is 1. The highest BCUT2D eigenvalue weighted by atomic mass is 35.5. The zero-order valence-electron chi connectivity index (χ0n) is 16.2. The molecule has 2 heterocycles. The first kappa shape index (κ1) is 20.2. The van der Waals surface area contributed by atoms with Gasteiger partial charge in [-0.25, -0.2) is 19.3 Å². The van der Waals surface area contributed by atoms with E-state index < -0.39 is 5.82 Å². The van der Waals surface area contributed by atoms with Crippen LogP contribution in [0.4, 0.5) is 15.9 Å². The van der Waals surface area contributed by atoms with Gasteiger partial charge in [-0.15, -0.1) is 0 Å². The molecule has 0 atom stereocenters. The van der Waals surface area contributed by atoms with Gasteiger partial charge in [-0.2, -0.15) is 4.98 Å². The number of hydrogen-bond donors (Lipinski definition) is 2. The number of amides is 1. The Morgan fingerprint density at radius 1 is 1.20 bits per heavy atom. The summed E-state index contributed by atoms with van der Waals surface area (Å²) in [5, 5.41) is 6.03. The number of nitrogens with one attached hydrogen (secondary N) is 2. The number of halogens is 2. The van der Waals surface area contributed by atoms with Crippen LogP contribution in [0.2, 0.25) is 5.02 Å². The minimum absolute atomic E-state index is 0.00637. The van der Waals surface area contributed by atoms with E-state index in [-0.39, 0.29) is 29.1 Å². The third-order valence-electron chi connectivity index (χ3n) is 4.89. The summed E-state index contributed by atoms with van der Waals surface area (Å²) in [7, 11) is 0. The lowest BCUT2D eigenvalue weighted by Crippen LogP contribution is -2.38. The fourth-order valence-corrected chi connectivity index (χ4v) is 3.64. The van der Waals surface area contributed by atoms with Gasteiger partial charge in [0.1, 0.15) is 29.3 Å². The lowest BCUT2D eigenvalue weighted by Gasteiger charge is -2.28. The molecule has 0 saturated heterocycles. The van der Waals surface area contributed by atoms with Crippen LogP contribution >= 0.6 is 11.6 Å². The normalized spacial score (nSPS) is 18.8. The van der Waals surface area contributed by atoms with Crippen molar-refractivity contribution in [3.63, 3.8) is 0 Å². The second-order valence-corrected chi connectivity index (χ2v) is 7.56. The zero-order chi connectivity index (χ0) is 21.1. The molecule has 0 radical (unpaired) electrons. The van der Waals surface area contributed by atoms with Crippen LogP contribution < -0.4 is 15.4 Å². The van der Waals surface area contributed by atoms with Gasteiger partial charge in [0.05, 0.1) is 11.2 Å². The summed E-state index contributed by atoms with van der Waals surface area (Å²) in [6, 6.07) is 4.72. The average molecular weight is 431 g/mol. The fourth-order valence-electron chi connectivity index (χ4n) is 3.46. The molecule has 1 aliphatic carbocycles. The van der Waals surface area contributed by atoms with Crippen LogP contribution in [0.3, 0.4) is 0 Å². The highest BCUT2D eigenvalue weighted by Gasteiger charge is 2.24. The Morgan fingerprint density at radius 3 is 2.73 bits per heavy atom. The quantitative estimate of drug-likeness (QED) is 0.635. The van der Waals surface area contributed by atoms with Gasteiger partial charge in [0.25, 0.3) is 0 Å². The number of fused-ring (bicyclic) bond motifs is 1. The van der Waals surface area contributed by atoms with E-state index in [1.807, 2.05) is 0 Å². The van der Waals surface area contributed by atoms with Crippen LogP contribution in [-0.2, 0) is 4.79 Å². The Kier molecular flexibility index (Phi) is 5.89. The number of hydrogen-bond acceptors (Lipinski definition) is 7. The summed E-state index contributed by atoms with van der Waals surface area (Å²) < 4.78 is 19.4. The molecule has 2 N–H and O–H groups in total. The molecule has 30 heavy (non-hydrogen) atoms. The topological polar surface area (TPSA) is 102 Å². The smallest absolute Gasteiger partial charge is 0.317 e. The van der Waals surface area contributed by atoms with Gasteiger partial charge >= 0.3 is 6.01 Å². The number of carbonyl (C=O) groups is 1. The summed E-state index contributed by atoms with van der Waals surface area (Å²) in [5.41, 5.74) is 1.59. The Hall–Kier alpha value is -3.07. The monoisotopic (exact) mass is 430 g/mol. The summed E-state index contributed by atoms with van der Waals surface area (Å²) in [4.78, 5) is 28.3. The van der Waals surface area contributed by atoms with Gasteiger partial charge in [-0.3, -0.25) is 4.79 Å². The molecule has 0 unspecified atom stereocenters. The molecule has 8 nitrogen and oxygen atoms in total. The Morgan fingerprint density at radius 2 is 2.00 bits per heavy atom. The molecular formula is C20H20ClFN6O2. The van der Waals surface area contributed by atoms with Crippen molar-refractivity contribution in [2.45, 2.75) is 44.8 Å². The number of rotatable bonds is 5. The Labute approximate surface area is 177 Å². The van der Waals surface area contributed by atoms with Crippen LogP contribution in [0.25, 0.3) is 11.0 Å². The third kappa shape index (κ3) is 4.73.